The Hall–Kier alpha value is 0.976. The van der Waals surface area contributed by atoms with Crippen LogP contribution in [0.25, 0.3) is 0 Å². The Morgan fingerprint density at radius 2 is 1.43 bits per heavy atom. The maximum Gasteiger partial charge on any atom is 1.00 e. The van der Waals surface area contributed by atoms with Gasteiger partial charge in [0, 0.05) is 13.0 Å². The van der Waals surface area contributed by atoms with E-state index in [1.165, 1.54) is 44.9 Å². The van der Waals surface area contributed by atoms with Gasteiger partial charge >= 0.3 is 57.4 Å². The average Bonchev–Trinajstić information content (AvgIpc) is 2.43. The molecule has 0 atom stereocenters. The molecule has 0 aromatic rings. The van der Waals surface area contributed by atoms with E-state index in [0.717, 1.165) is 12.8 Å². The smallest absolute Gasteiger partial charge is 1.00 e. The van der Waals surface area contributed by atoms with Crippen LogP contribution >= 0.6 is 0 Å². The van der Waals surface area contributed by atoms with Gasteiger partial charge < -0.3 is 11.8 Å². The molecule has 3 N–H and O–H groups in total. The molecule has 0 aromatic heterocycles. The zero-order valence-electron chi connectivity index (χ0n) is 16.0. The van der Waals surface area contributed by atoms with E-state index in [9.17, 15) is 13.2 Å². The number of aliphatic carboxylic acids is 1. The monoisotopic (exact) mass is 379 g/mol. The minimum atomic E-state index is -3.75. The van der Waals surface area contributed by atoms with Crippen LogP contribution in [0.3, 0.4) is 0 Å². The number of rotatable bonds is 13. The van der Waals surface area contributed by atoms with Crippen LogP contribution in [-0.2, 0) is 14.9 Å². The van der Waals surface area contributed by atoms with E-state index in [-0.39, 0.29) is 58.6 Å². The molecule has 6 nitrogen and oxygen atoms in total. The summed E-state index contributed by atoms with van der Waals surface area (Å²) in [5.74, 6) is -0.878. The minimum Gasteiger partial charge on any atom is -1.00 e. The second-order valence-electron chi connectivity index (χ2n) is 5.36. The van der Waals surface area contributed by atoms with E-state index in [1.54, 1.807) is 7.05 Å². The molecule has 0 aliphatic carbocycles. The standard InChI is InChI=1S/C12H24O2.C3H9NO3S.K.H/c1-2-3-4-5-6-7-8-9-10-11-12(13)14;1-4-2-3-8(5,6)7;;/h2-11H2,1H3,(H,13,14);4H,2-3H2,1H3,(H,5,6,7);;/q;;+1;-1. The zero-order chi connectivity index (χ0) is 17.3. The maximum atomic E-state index is 10.2. The van der Waals surface area contributed by atoms with Crippen LogP contribution in [0, 0.1) is 0 Å². The molecule has 0 saturated heterocycles. The van der Waals surface area contributed by atoms with Crippen LogP contribution in [0.15, 0.2) is 0 Å². The third-order valence-corrected chi connectivity index (χ3v) is 3.82. The van der Waals surface area contributed by atoms with Gasteiger partial charge in [0.1, 0.15) is 0 Å². The summed E-state index contributed by atoms with van der Waals surface area (Å²) < 4.78 is 27.9. The first kappa shape index (κ1) is 28.8. The molecule has 0 bridgehead atoms. The van der Waals surface area contributed by atoms with Crippen molar-refractivity contribution in [2.24, 2.45) is 0 Å². The Bertz CT molecular complexity index is 356. The van der Waals surface area contributed by atoms with Gasteiger partial charge in [0.25, 0.3) is 10.1 Å². The van der Waals surface area contributed by atoms with E-state index in [4.69, 9.17) is 9.66 Å². The van der Waals surface area contributed by atoms with E-state index in [1.807, 2.05) is 0 Å². The first-order valence-corrected chi connectivity index (χ1v) is 9.76. The van der Waals surface area contributed by atoms with Crippen LogP contribution < -0.4 is 56.7 Å². The van der Waals surface area contributed by atoms with Crippen molar-refractivity contribution >= 4 is 16.1 Å². The summed E-state index contributed by atoms with van der Waals surface area (Å²) in [6, 6.07) is 0. The molecular formula is C15H34KNO5S. The third kappa shape index (κ3) is 35.1. The molecular weight excluding hydrogens is 345 g/mol. The number of carbonyl (C=O) groups is 1. The minimum absolute atomic E-state index is 0. The van der Waals surface area contributed by atoms with Crippen molar-refractivity contribution in [2.75, 3.05) is 19.3 Å². The molecule has 136 valence electrons. The van der Waals surface area contributed by atoms with Crippen molar-refractivity contribution in [3.05, 3.63) is 0 Å². The summed E-state index contributed by atoms with van der Waals surface area (Å²) in [6.07, 6.45) is 11.5. The maximum absolute atomic E-state index is 10.2. The number of unbranched alkanes of at least 4 members (excludes halogenated alkanes) is 8. The van der Waals surface area contributed by atoms with Gasteiger partial charge in [0.05, 0.1) is 5.75 Å². The van der Waals surface area contributed by atoms with E-state index in [0.29, 0.717) is 13.0 Å². The first-order chi connectivity index (χ1) is 10.3. The van der Waals surface area contributed by atoms with E-state index >= 15 is 0 Å². The average molecular weight is 380 g/mol. The van der Waals surface area contributed by atoms with Crippen molar-refractivity contribution in [1.29, 1.82) is 0 Å². The van der Waals surface area contributed by atoms with Crippen LogP contribution in [0.5, 0.6) is 0 Å². The van der Waals surface area contributed by atoms with Gasteiger partial charge in [-0.2, -0.15) is 8.42 Å². The molecule has 0 fully saturated rings. The molecule has 0 unspecified atom stereocenters. The molecule has 0 aliphatic rings. The van der Waals surface area contributed by atoms with Crippen LogP contribution in [-0.4, -0.2) is 43.4 Å². The quantitative estimate of drug-likeness (QED) is 0.240. The van der Waals surface area contributed by atoms with Gasteiger partial charge in [-0.15, -0.1) is 0 Å². The predicted octanol–water partition coefficient (Wildman–Crippen LogP) is 0.202. The summed E-state index contributed by atoms with van der Waals surface area (Å²) in [6.45, 7) is 2.52. The SMILES string of the molecule is CCCCCCCCCCCC(=O)O.CNCCS(=O)(=O)O.[H-].[K+]. The summed E-state index contributed by atoms with van der Waals surface area (Å²) in [7, 11) is -2.13. The van der Waals surface area contributed by atoms with Crippen molar-refractivity contribution in [3.63, 3.8) is 0 Å². The molecule has 8 heteroatoms. The Morgan fingerprint density at radius 3 is 1.74 bits per heavy atom. The predicted molar refractivity (Wildman–Crippen MR) is 90.9 cm³/mol. The fraction of sp³-hybridized carbons (Fsp3) is 0.933. The second kappa shape index (κ2) is 21.0. The van der Waals surface area contributed by atoms with Gasteiger partial charge in [-0.05, 0) is 13.5 Å². The Kier molecular flexibility index (Phi) is 26.3. The van der Waals surface area contributed by atoms with E-state index < -0.39 is 16.1 Å². The fourth-order valence-corrected chi connectivity index (χ4v) is 2.28. The van der Waals surface area contributed by atoms with Crippen molar-refractivity contribution < 1.29 is 75.7 Å². The van der Waals surface area contributed by atoms with Crippen molar-refractivity contribution in [2.45, 2.75) is 71.1 Å². The first-order valence-electron chi connectivity index (χ1n) is 8.15. The normalized spacial score (nSPS) is 10.4. The fourth-order valence-electron chi connectivity index (χ4n) is 1.82. The van der Waals surface area contributed by atoms with E-state index in [2.05, 4.69) is 12.2 Å². The molecule has 0 radical (unpaired) electrons. The summed E-state index contributed by atoms with van der Waals surface area (Å²) >= 11 is 0. The largest absolute Gasteiger partial charge is 1.00 e. The second-order valence-corrected chi connectivity index (χ2v) is 6.93. The Labute approximate surface area is 185 Å². The number of hydrogen-bond acceptors (Lipinski definition) is 4. The molecule has 0 rings (SSSR count). The third-order valence-electron chi connectivity index (χ3n) is 3.10. The summed E-state index contributed by atoms with van der Waals surface area (Å²) in [5, 5.41) is 11.0. The topological polar surface area (TPSA) is 104 Å². The van der Waals surface area contributed by atoms with Crippen LogP contribution in [0.4, 0.5) is 0 Å². The molecule has 0 saturated carbocycles. The Morgan fingerprint density at radius 1 is 1.00 bits per heavy atom. The molecule has 0 spiro atoms. The summed E-state index contributed by atoms with van der Waals surface area (Å²) in [4.78, 5) is 10.2. The van der Waals surface area contributed by atoms with Crippen molar-refractivity contribution in [1.82, 2.24) is 5.32 Å². The van der Waals surface area contributed by atoms with Crippen LogP contribution in [0.2, 0.25) is 0 Å². The van der Waals surface area contributed by atoms with Crippen LogP contribution in [0.1, 0.15) is 72.6 Å². The molecule has 0 amide bonds. The molecule has 0 aromatic carbocycles. The van der Waals surface area contributed by atoms with Gasteiger partial charge in [0.2, 0.25) is 0 Å². The van der Waals surface area contributed by atoms with Gasteiger partial charge in [-0.3, -0.25) is 9.35 Å². The number of carboxylic acid groups (broad SMARTS) is 1. The number of carboxylic acids is 1. The van der Waals surface area contributed by atoms with Crippen molar-refractivity contribution in [3.8, 4) is 0 Å². The van der Waals surface area contributed by atoms with Gasteiger partial charge in [0.15, 0.2) is 0 Å². The number of nitrogens with one attached hydrogen (secondary N) is 1. The van der Waals surface area contributed by atoms with Gasteiger partial charge in [-0.25, -0.2) is 0 Å². The zero-order valence-corrected chi connectivity index (χ0v) is 19.0. The summed E-state index contributed by atoms with van der Waals surface area (Å²) in [5.41, 5.74) is 0. The van der Waals surface area contributed by atoms with Gasteiger partial charge in [-0.1, -0.05) is 58.3 Å². The molecule has 23 heavy (non-hydrogen) atoms. The Balaban J connectivity index is -0.000000174. The number of hydrogen-bond donors (Lipinski definition) is 3. The molecule has 0 heterocycles. The molecule has 0 aliphatic heterocycles.